The first-order valence-electron chi connectivity index (χ1n) is 8.39. The minimum Gasteiger partial charge on any atom is -0.488 e. The maximum absolute atomic E-state index is 9.06. The lowest BCUT2D eigenvalue weighted by Gasteiger charge is -2.13. The molecule has 0 bridgehead atoms. The Kier molecular flexibility index (Phi) is 5.81. The molecule has 3 aromatic rings. The second-order valence-electron chi connectivity index (χ2n) is 6.12. The number of H-pyrrole nitrogens is 1. The number of ether oxygens (including phenoxy) is 1. The molecular weight excluding hydrogens is 451 g/mol. The number of nitriles is 1. The van der Waals surface area contributed by atoms with Crippen molar-refractivity contribution in [2.45, 2.75) is 13.8 Å². The molecule has 0 atom stereocenters. The largest absolute Gasteiger partial charge is 0.488 e. The van der Waals surface area contributed by atoms with E-state index in [-0.39, 0.29) is 0 Å². The van der Waals surface area contributed by atoms with Crippen LogP contribution in [-0.2, 0) is 0 Å². The Bertz CT molecular complexity index is 1080. The minimum absolute atomic E-state index is 0.329. The fourth-order valence-corrected chi connectivity index (χ4v) is 3.38. The summed E-state index contributed by atoms with van der Waals surface area (Å²) in [4.78, 5) is 7.84. The van der Waals surface area contributed by atoms with Crippen molar-refractivity contribution in [3.05, 3.63) is 69.1 Å². The standard InChI is InChI=1S/C21H19IN4O/c1-13(24)18(12-27-21-5-3-4-20-17(21)8-9-25-20)14(2)26-16-7-6-15(11-23)19(22)10-16/h3-10,25H,12,24H2,1-2H3. The zero-order valence-electron chi connectivity index (χ0n) is 15.1. The Morgan fingerprint density at radius 2 is 2.07 bits per heavy atom. The van der Waals surface area contributed by atoms with E-state index in [1.165, 1.54) is 0 Å². The lowest BCUT2D eigenvalue weighted by molar-refractivity contribution is 0.360. The molecule has 3 N–H and O–H groups in total. The van der Waals surface area contributed by atoms with Gasteiger partial charge in [-0.1, -0.05) is 6.07 Å². The molecule has 5 nitrogen and oxygen atoms in total. The zero-order chi connectivity index (χ0) is 19.4. The molecule has 27 heavy (non-hydrogen) atoms. The maximum Gasteiger partial charge on any atom is 0.129 e. The van der Waals surface area contributed by atoms with E-state index in [0.29, 0.717) is 17.9 Å². The van der Waals surface area contributed by atoms with Crippen LogP contribution in [0.5, 0.6) is 5.75 Å². The number of aliphatic imine (C=N–C) groups is 1. The summed E-state index contributed by atoms with van der Waals surface area (Å²) in [6, 6.07) is 15.5. The highest BCUT2D eigenvalue weighted by molar-refractivity contribution is 14.1. The quantitative estimate of drug-likeness (QED) is 0.404. The van der Waals surface area contributed by atoms with Crippen LogP contribution in [0.3, 0.4) is 0 Å². The molecule has 6 heteroatoms. The van der Waals surface area contributed by atoms with E-state index in [4.69, 9.17) is 15.7 Å². The lowest BCUT2D eigenvalue weighted by Crippen LogP contribution is -2.14. The van der Waals surface area contributed by atoms with E-state index < -0.39 is 0 Å². The van der Waals surface area contributed by atoms with Crippen molar-refractivity contribution in [3.63, 3.8) is 0 Å². The van der Waals surface area contributed by atoms with Crippen LogP contribution < -0.4 is 10.5 Å². The number of allylic oxidation sites excluding steroid dienone is 1. The van der Waals surface area contributed by atoms with E-state index >= 15 is 0 Å². The predicted octanol–water partition coefficient (Wildman–Crippen LogP) is 5.05. The second-order valence-corrected chi connectivity index (χ2v) is 7.28. The number of nitrogens with two attached hydrogens (primary N) is 1. The van der Waals surface area contributed by atoms with Crippen LogP contribution in [0, 0.1) is 14.9 Å². The van der Waals surface area contributed by atoms with Crippen LogP contribution in [0.2, 0.25) is 0 Å². The molecule has 0 radical (unpaired) electrons. The number of aromatic amines is 1. The van der Waals surface area contributed by atoms with E-state index in [2.05, 4.69) is 38.6 Å². The first-order valence-corrected chi connectivity index (χ1v) is 9.47. The predicted molar refractivity (Wildman–Crippen MR) is 117 cm³/mol. The molecule has 136 valence electrons. The van der Waals surface area contributed by atoms with Gasteiger partial charge in [0.05, 0.1) is 11.3 Å². The number of benzene rings is 2. The van der Waals surface area contributed by atoms with Crippen molar-refractivity contribution < 1.29 is 4.74 Å². The van der Waals surface area contributed by atoms with Crippen LogP contribution in [0.15, 0.2) is 64.9 Å². The van der Waals surface area contributed by atoms with Gasteiger partial charge < -0.3 is 15.5 Å². The molecule has 0 aliphatic carbocycles. The number of nitrogens with one attached hydrogen (secondary N) is 1. The van der Waals surface area contributed by atoms with E-state index in [9.17, 15) is 0 Å². The average Bonchev–Trinajstić information content (AvgIpc) is 3.11. The molecule has 0 fully saturated rings. The minimum atomic E-state index is 0.329. The number of fused-ring (bicyclic) bond motifs is 1. The van der Waals surface area contributed by atoms with Crippen LogP contribution in [0.1, 0.15) is 19.4 Å². The fraction of sp³-hybridized carbons (Fsp3) is 0.143. The van der Waals surface area contributed by atoms with Crippen molar-refractivity contribution in [1.29, 1.82) is 5.26 Å². The summed E-state index contributed by atoms with van der Waals surface area (Å²) in [5, 5.41) is 10.1. The van der Waals surface area contributed by atoms with Crippen molar-refractivity contribution in [2.24, 2.45) is 10.7 Å². The fourth-order valence-electron chi connectivity index (χ4n) is 2.76. The van der Waals surface area contributed by atoms with Gasteiger partial charge in [-0.15, -0.1) is 0 Å². The topological polar surface area (TPSA) is 87.2 Å². The van der Waals surface area contributed by atoms with Gasteiger partial charge in [-0.2, -0.15) is 5.26 Å². The molecule has 0 aliphatic rings. The van der Waals surface area contributed by atoms with Gasteiger partial charge in [0.2, 0.25) is 0 Å². The van der Waals surface area contributed by atoms with E-state index in [1.807, 2.05) is 56.4 Å². The highest BCUT2D eigenvalue weighted by Gasteiger charge is 2.10. The first-order chi connectivity index (χ1) is 13.0. The Morgan fingerprint density at radius 1 is 1.26 bits per heavy atom. The van der Waals surface area contributed by atoms with E-state index in [1.54, 1.807) is 6.07 Å². The van der Waals surface area contributed by atoms with Gasteiger partial charge in [-0.05, 0) is 72.8 Å². The molecular formula is C21H19IN4O. The Balaban J connectivity index is 1.83. The summed E-state index contributed by atoms with van der Waals surface area (Å²) in [6.45, 7) is 4.09. The molecule has 3 rings (SSSR count). The van der Waals surface area contributed by atoms with Crippen LogP contribution >= 0.6 is 22.6 Å². The number of hydrogen-bond donors (Lipinski definition) is 2. The molecule has 0 saturated heterocycles. The van der Waals surface area contributed by atoms with Crippen LogP contribution in [-0.4, -0.2) is 17.3 Å². The van der Waals surface area contributed by atoms with E-state index in [0.717, 1.165) is 37.2 Å². The van der Waals surface area contributed by atoms with Crippen molar-refractivity contribution >= 4 is 44.9 Å². The van der Waals surface area contributed by atoms with Crippen molar-refractivity contribution in [1.82, 2.24) is 4.98 Å². The lowest BCUT2D eigenvalue weighted by atomic mass is 10.1. The van der Waals surface area contributed by atoms with Gasteiger partial charge in [0, 0.05) is 37.7 Å². The summed E-state index contributed by atoms with van der Waals surface area (Å²) < 4.78 is 6.91. The van der Waals surface area contributed by atoms with Crippen molar-refractivity contribution in [3.8, 4) is 11.8 Å². The average molecular weight is 470 g/mol. The zero-order valence-corrected chi connectivity index (χ0v) is 17.2. The summed E-state index contributed by atoms with van der Waals surface area (Å²) in [6.07, 6.45) is 1.89. The number of halogens is 1. The number of rotatable bonds is 5. The van der Waals surface area contributed by atoms with Gasteiger partial charge in [-0.25, -0.2) is 0 Å². The van der Waals surface area contributed by atoms with Gasteiger partial charge in [0.1, 0.15) is 18.4 Å². The highest BCUT2D eigenvalue weighted by atomic mass is 127. The third-order valence-electron chi connectivity index (χ3n) is 4.21. The maximum atomic E-state index is 9.06. The third kappa shape index (κ3) is 4.31. The summed E-state index contributed by atoms with van der Waals surface area (Å²) in [5.74, 6) is 0.799. The Hall–Kier alpha value is -2.79. The SMILES string of the molecule is CC(=Nc1ccc(C#N)c(I)c1)C(COc1cccc2[nH]ccc12)=C(C)N. The molecule has 0 spiro atoms. The van der Waals surface area contributed by atoms with Gasteiger partial charge >= 0.3 is 0 Å². The summed E-state index contributed by atoms with van der Waals surface area (Å²) in [7, 11) is 0. The first kappa shape index (κ1) is 19.0. The number of aromatic nitrogens is 1. The smallest absolute Gasteiger partial charge is 0.129 e. The van der Waals surface area contributed by atoms with Gasteiger partial charge in [0.15, 0.2) is 0 Å². The summed E-state index contributed by atoms with van der Waals surface area (Å²) >= 11 is 2.14. The Labute approximate surface area is 171 Å². The molecule has 0 saturated carbocycles. The molecule has 0 unspecified atom stereocenters. The Morgan fingerprint density at radius 3 is 2.78 bits per heavy atom. The molecule has 1 aromatic heterocycles. The van der Waals surface area contributed by atoms with Gasteiger partial charge in [-0.3, -0.25) is 4.99 Å². The molecule has 1 heterocycles. The van der Waals surface area contributed by atoms with Crippen LogP contribution in [0.25, 0.3) is 10.9 Å². The second kappa shape index (κ2) is 8.27. The normalized spacial score (nSPS) is 12.6. The highest BCUT2D eigenvalue weighted by Crippen LogP contribution is 2.26. The number of nitrogens with zero attached hydrogens (tertiary/aromatic N) is 2. The molecule has 2 aromatic carbocycles. The van der Waals surface area contributed by atoms with Crippen molar-refractivity contribution in [2.75, 3.05) is 6.61 Å². The summed E-state index contributed by atoms with van der Waals surface area (Å²) in [5.41, 5.74) is 10.8. The monoisotopic (exact) mass is 470 g/mol. The van der Waals surface area contributed by atoms with Crippen LogP contribution in [0.4, 0.5) is 5.69 Å². The number of hydrogen-bond acceptors (Lipinski definition) is 4. The van der Waals surface area contributed by atoms with Gasteiger partial charge in [0.25, 0.3) is 0 Å². The molecule has 0 aliphatic heterocycles. The third-order valence-corrected chi connectivity index (χ3v) is 5.10. The molecule has 0 amide bonds.